The van der Waals surface area contributed by atoms with E-state index in [9.17, 15) is 4.79 Å². The lowest BCUT2D eigenvalue weighted by Gasteiger charge is -2.20. The molecule has 0 bridgehead atoms. The first-order valence-electron chi connectivity index (χ1n) is 9.40. The zero-order valence-electron chi connectivity index (χ0n) is 16.3. The van der Waals surface area contributed by atoms with Gasteiger partial charge in [0.25, 0.3) is 0 Å². The first-order chi connectivity index (χ1) is 14.2. The van der Waals surface area contributed by atoms with Gasteiger partial charge in [0, 0.05) is 23.2 Å². The smallest absolute Gasteiger partial charge is 0.323 e. The van der Waals surface area contributed by atoms with Crippen molar-refractivity contribution in [3.63, 3.8) is 0 Å². The van der Waals surface area contributed by atoms with Crippen LogP contribution in [0.5, 0.6) is 11.5 Å². The molecule has 8 heteroatoms. The molecule has 2 amide bonds. The minimum atomic E-state index is -0.381. The van der Waals surface area contributed by atoms with Gasteiger partial charge >= 0.3 is 6.03 Å². The fraction of sp³-hybridized carbons (Fsp3) is 0.286. The first-order valence-corrected chi connectivity index (χ1v) is 9.40. The number of anilines is 2. The highest BCUT2D eigenvalue weighted by atomic mass is 16.5. The Labute approximate surface area is 168 Å². The molecule has 1 saturated carbocycles. The molecule has 0 spiro atoms. The van der Waals surface area contributed by atoms with Crippen molar-refractivity contribution in [2.75, 3.05) is 24.9 Å². The number of nitrogens with zero attached hydrogens (tertiary/aromatic N) is 2. The average Bonchev–Trinajstić information content (AvgIpc) is 3.16. The Balaban J connectivity index is 1.39. The Morgan fingerprint density at radius 1 is 1.07 bits per heavy atom. The number of ether oxygens (including phenoxy) is 2. The SMILES string of the molecule is COc1ccc(NC(=O)Nc2ccc(-c3noc(C4CCC4)n3)cc2)c(OC)c1. The molecular weight excluding hydrogens is 372 g/mol. The summed E-state index contributed by atoms with van der Waals surface area (Å²) in [5.41, 5.74) is 2.02. The molecule has 1 aliphatic carbocycles. The number of urea groups is 1. The molecule has 2 N–H and O–H groups in total. The number of aromatic nitrogens is 2. The van der Waals surface area contributed by atoms with Crippen LogP contribution in [-0.2, 0) is 0 Å². The molecule has 29 heavy (non-hydrogen) atoms. The van der Waals surface area contributed by atoms with E-state index in [0.29, 0.717) is 40.5 Å². The Morgan fingerprint density at radius 2 is 1.86 bits per heavy atom. The second-order valence-corrected chi connectivity index (χ2v) is 6.81. The predicted octanol–water partition coefficient (Wildman–Crippen LogP) is 4.67. The van der Waals surface area contributed by atoms with Crippen molar-refractivity contribution in [1.82, 2.24) is 10.1 Å². The summed E-state index contributed by atoms with van der Waals surface area (Å²) in [6, 6.07) is 12.1. The van der Waals surface area contributed by atoms with E-state index >= 15 is 0 Å². The van der Waals surface area contributed by atoms with E-state index in [1.54, 1.807) is 37.4 Å². The quantitative estimate of drug-likeness (QED) is 0.631. The summed E-state index contributed by atoms with van der Waals surface area (Å²) >= 11 is 0. The molecule has 2 aromatic carbocycles. The van der Waals surface area contributed by atoms with Crippen LogP contribution < -0.4 is 20.1 Å². The highest BCUT2D eigenvalue weighted by Gasteiger charge is 2.25. The molecule has 1 fully saturated rings. The summed E-state index contributed by atoms with van der Waals surface area (Å²) in [6.45, 7) is 0. The zero-order chi connectivity index (χ0) is 20.2. The van der Waals surface area contributed by atoms with E-state index in [0.717, 1.165) is 18.4 Å². The molecule has 8 nitrogen and oxygen atoms in total. The van der Waals surface area contributed by atoms with Gasteiger partial charge in [-0.05, 0) is 49.2 Å². The molecule has 0 aliphatic heterocycles. The van der Waals surface area contributed by atoms with Gasteiger partial charge in [-0.3, -0.25) is 0 Å². The van der Waals surface area contributed by atoms with Crippen molar-refractivity contribution in [2.45, 2.75) is 25.2 Å². The lowest BCUT2D eigenvalue weighted by Crippen LogP contribution is -2.19. The van der Waals surface area contributed by atoms with Crippen molar-refractivity contribution in [3.05, 3.63) is 48.4 Å². The predicted molar refractivity (Wildman–Crippen MR) is 109 cm³/mol. The van der Waals surface area contributed by atoms with Gasteiger partial charge in [-0.15, -0.1) is 0 Å². The van der Waals surface area contributed by atoms with Crippen LogP contribution >= 0.6 is 0 Å². The summed E-state index contributed by atoms with van der Waals surface area (Å²) in [5.74, 6) is 2.82. The highest BCUT2D eigenvalue weighted by molar-refractivity contribution is 6.00. The second-order valence-electron chi connectivity index (χ2n) is 6.81. The van der Waals surface area contributed by atoms with Crippen molar-refractivity contribution in [2.24, 2.45) is 0 Å². The largest absolute Gasteiger partial charge is 0.497 e. The number of rotatable bonds is 6. The van der Waals surface area contributed by atoms with Crippen LogP contribution in [0.3, 0.4) is 0 Å². The minimum Gasteiger partial charge on any atom is -0.497 e. The van der Waals surface area contributed by atoms with E-state index in [4.69, 9.17) is 14.0 Å². The van der Waals surface area contributed by atoms with E-state index in [1.165, 1.54) is 13.5 Å². The third-order valence-corrected chi connectivity index (χ3v) is 4.95. The van der Waals surface area contributed by atoms with Crippen LogP contribution in [0.15, 0.2) is 47.0 Å². The van der Waals surface area contributed by atoms with Crippen molar-refractivity contribution < 1.29 is 18.8 Å². The van der Waals surface area contributed by atoms with Gasteiger partial charge in [0.15, 0.2) is 0 Å². The number of methoxy groups -OCH3 is 2. The number of hydrogen-bond acceptors (Lipinski definition) is 6. The lowest BCUT2D eigenvalue weighted by molar-refractivity contribution is 0.262. The number of nitrogens with one attached hydrogen (secondary N) is 2. The van der Waals surface area contributed by atoms with Crippen LogP contribution in [0.4, 0.5) is 16.2 Å². The lowest BCUT2D eigenvalue weighted by atomic mass is 9.85. The second kappa shape index (κ2) is 8.22. The maximum Gasteiger partial charge on any atom is 0.323 e. The van der Waals surface area contributed by atoms with Crippen molar-refractivity contribution in [3.8, 4) is 22.9 Å². The molecule has 3 aromatic rings. The van der Waals surface area contributed by atoms with Crippen molar-refractivity contribution in [1.29, 1.82) is 0 Å². The summed E-state index contributed by atoms with van der Waals surface area (Å²) in [4.78, 5) is 16.8. The number of carbonyl (C=O) groups is 1. The molecule has 0 atom stereocenters. The molecule has 1 aliphatic rings. The van der Waals surface area contributed by atoms with Gasteiger partial charge in [0.2, 0.25) is 11.7 Å². The van der Waals surface area contributed by atoms with Gasteiger partial charge in [-0.2, -0.15) is 4.98 Å². The number of carbonyl (C=O) groups excluding carboxylic acids is 1. The monoisotopic (exact) mass is 394 g/mol. The van der Waals surface area contributed by atoms with Crippen LogP contribution in [0.25, 0.3) is 11.4 Å². The average molecular weight is 394 g/mol. The minimum absolute atomic E-state index is 0.381. The van der Waals surface area contributed by atoms with Gasteiger partial charge in [-0.25, -0.2) is 4.79 Å². The molecule has 0 unspecified atom stereocenters. The molecule has 1 heterocycles. The topological polar surface area (TPSA) is 98.5 Å². The molecule has 4 rings (SSSR count). The van der Waals surface area contributed by atoms with Crippen LogP contribution in [-0.4, -0.2) is 30.4 Å². The third kappa shape index (κ3) is 4.16. The van der Waals surface area contributed by atoms with E-state index in [-0.39, 0.29) is 6.03 Å². The van der Waals surface area contributed by atoms with Gasteiger partial charge in [-0.1, -0.05) is 11.6 Å². The van der Waals surface area contributed by atoms with Gasteiger partial charge in [0.05, 0.1) is 19.9 Å². The molecule has 0 saturated heterocycles. The van der Waals surface area contributed by atoms with E-state index in [2.05, 4.69) is 20.8 Å². The van der Waals surface area contributed by atoms with E-state index < -0.39 is 0 Å². The maximum atomic E-state index is 12.3. The fourth-order valence-corrected chi connectivity index (χ4v) is 3.06. The summed E-state index contributed by atoms with van der Waals surface area (Å²) in [5, 5.41) is 9.61. The van der Waals surface area contributed by atoms with Gasteiger partial charge in [0.1, 0.15) is 11.5 Å². The van der Waals surface area contributed by atoms with Crippen LogP contribution in [0.2, 0.25) is 0 Å². The summed E-state index contributed by atoms with van der Waals surface area (Å²) in [7, 11) is 3.10. The van der Waals surface area contributed by atoms with Crippen LogP contribution in [0.1, 0.15) is 31.1 Å². The molecule has 150 valence electrons. The van der Waals surface area contributed by atoms with Gasteiger partial charge < -0.3 is 24.6 Å². The Hall–Kier alpha value is -3.55. The Kier molecular flexibility index (Phi) is 5.33. The standard InChI is InChI=1S/C21H22N4O4/c1-27-16-10-11-17(18(12-16)28-2)23-21(26)22-15-8-6-13(7-9-15)19-24-20(29-25-19)14-4-3-5-14/h6-12,14H,3-5H2,1-2H3,(H2,22,23,26). The highest BCUT2D eigenvalue weighted by Crippen LogP contribution is 2.36. The molecule has 1 aromatic heterocycles. The van der Waals surface area contributed by atoms with E-state index in [1.807, 2.05) is 12.1 Å². The number of benzene rings is 2. The third-order valence-electron chi connectivity index (χ3n) is 4.95. The first kappa shape index (κ1) is 18.8. The maximum absolute atomic E-state index is 12.3. The fourth-order valence-electron chi connectivity index (χ4n) is 3.06. The number of amides is 2. The van der Waals surface area contributed by atoms with Crippen LogP contribution in [0, 0.1) is 0 Å². The molecule has 0 radical (unpaired) electrons. The Morgan fingerprint density at radius 3 is 2.52 bits per heavy atom. The molecular formula is C21H22N4O4. The number of hydrogen-bond donors (Lipinski definition) is 2. The summed E-state index contributed by atoms with van der Waals surface area (Å²) in [6.07, 6.45) is 3.43. The summed E-state index contributed by atoms with van der Waals surface area (Å²) < 4.78 is 15.8. The zero-order valence-corrected chi connectivity index (χ0v) is 16.3. The van der Waals surface area contributed by atoms with Crippen molar-refractivity contribution >= 4 is 17.4 Å². The normalized spacial score (nSPS) is 13.4. The Bertz CT molecular complexity index is 996.